The second kappa shape index (κ2) is 8.92. The minimum atomic E-state index is -1.09. The summed E-state index contributed by atoms with van der Waals surface area (Å²) >= 11 is 0. The molecule has 0 unspecified atom stereocenters. The average Bonchev–Trinajstić information content (AvgIpc) is 3.29. The van der Waals surface area contributed by atoms with E-state index < -0.39 is 8.07 Å². The number of aryl methyl sites for hydroxylation is 3. The van der Waals surface area contributed by atoms with Gasteiger partial charge in [0.25, 0.3) is 0 Å². The van der Waals surface area contributed by atoms with Crippen LogP contribution in [-0.2, 0) is 11.5 Å². The zero-order chi connectivity index (χ0) is 22.9. The molecule has 0 fully saturated rings. The molecule has 0 radical (unpaired) electrons. The summed E-state index contributed by atoms with van der Waals surface area (Å²) in [5, 5.41) is 7.68. The molecule has 4 aromatic rings. The average molecular weight is 449 g/mol. The number of imidazole rings is 1. The van der Waals surface area contributed by atoms with Crippen LogP contribution in [0.3, 0.4) is 0 Å². The molecule has 0 aliphatic carbocycles. The normalized spacial score (nSPS) is 11.9. The number of hydrogen-bond acceptors (Lipinski definition) is 5. The minimum Gasteiger partial charge on any atom is -0.361 e. The zero-order valence-electron chi connectivity index (χ0n) is 19.8. The standard InChI is InChI=1S/C25H32N4O2Si/c1-17-7-8-20(25-18(2)28-31-19(25)3)13-23(17)27-21-9-10-22-24(14-21)29(15-26-22)16-30-11-12-32(4,5)6/h7-10,13-15,27H,11-12,16H2,1-6H3. The van der Waals surface area contributed by atoms with Gasteiger partial charge in [-0.05, 0) is 62.2 Å². The van der Waals surface area contributed by atoms with Crippen LogP contribution in [0.15, 0.2) is 47.2 Å². The van der Waals surface area contributed by atoms with E-state index in [-0.39, 0.29) is 0 Å². The Morgan fingerprint density at radius 3 is 2.59 bits per heavy atom. The van der Waals surface area contributed by atoms with Gasteiger partial charge in [-0.2, -0.15) is 0 Å². The summed E-state index contributed by atoms with van der Waals surface area (Å²) in [6, 6.07) is 13.8. The van der Waals surface area contributed by atoms with Gasteiger partial charge in [-0.25, -0.2) is 4.98 Å². The van der Waals surface area contributed by atoms with Gasteiger partial charge in [0.1, 0.15) is 12.5 Å². The van der Waals surface area contributed by atoms with E-state index in [1.54, 1.807) is 0 Å². The second-order valence-electron chi connectivity index (χ2n) is 9.62. The van der Waals surface area contributed by atoms with Gasteiger partial charge >= 0.3 is 0 Å². The first-order valence-electron chi connectivity index (χ1n) is 11.0. The van der Waals surface area contributed by atoms with Crippen molar-refractivity contribution in [2.75, 3.05) is 11.9 Å². The maximum atomic E-state index is 5.94. The summed E-state index contributed by atoms with van der Waals surface area (Å²) < 4.78 is 13.4. The van der Waals surface area contributed by atoms with Crippen LogP contribution in [0.1, 0.15) is 17.0 Å². The third kappa shape index (κ3) is 4.94. The number of anilines is 2. The van der Waals surface area contributed by atoms with Gasteiger partial charge in [0.2, 0.25) is 0 Å². The molecule has 32 heavy (non-hydrogen) atoms. The van der Waals surface area contributed by atoms with Crippen LogP contribution < -0.4 is 5.32 Å². The molecule has 7 heteroatoms. The van der Waals surface area contributed by atoms with Crippen LogP contribution in [0.4, 0.5) is 11.4 Å². The van der Waals surface area contributed by atoms with Crippen LogP contribution >= 0.6 is 0 Å². The molecule has 2 heterocycles. The van der Waals surface area contributed by atoms with Gasteiger partial charge in [0.05, 0.1) is 23.1 Å². The molecular formula is C25H32N4O2Si. The van der Waals surface area contributed by atoms with E-state index in [2.05, 4.69) is 76.9 Å². The van der Waals surface area contributed by atoms with E-state index >= 15 is 0 Å². The first kappa shape index (κ1) is 22.3. The number of aromatic nitrogens is 3. The van der Waals surface area contributed by atoms with Gasteiger partial charge < -0.3 is 19.1 Å². The highest BCUT2D eigenvalue weighted by Gasteiger charge is 2.14. The lowest BCUT2D eigenvalue weighted by Gasteiger charge is -2.16. The Balaban J connectivity index is 1.55. The molecule has 0 amide bonds. The van der Waals surface area contributed by atoms with E-state index in [0.717, 1.165) is 57.6 Å². The molecule has 0 spiro atoms. The van der Waals surface area contributed by atoms with Crippen molar-refractivity contribution in [3.63, 3.8) is 0 Å². The quantitative estimate of drug-likeness (QED) is 0.241. The largest absolute Gasteiger partial charge is 0.361 e. The molecule has 0 bridgehead atoms. The molecule has 2 aromatic carbocycles. The Morgan fingerprint density at radius 1 is 1.06 bits per heavy atom. The molecule has 0 aliphatic rings. The lowest BCUT2D eigenvalue weighted by molar-refractivity contribution is 0.0898. The second-order valence-corrected chi connectivity index (χ2v) is 15.2. The van der Waals surface area contributed by atoms with Crippen molar-refractivity contribution in [2.24, 2.45) is 0 Å². The number of benzene rings is 2. The van der Waals surface area contributed by atoms with Gasteiger partial charge in [-0.15, -0.1) is 0 Å². The van der Waals surface area contributed by atoms with Crippen molar-refractivity contribution < 1.29 is 9.26 Å². The van der Waals surface area contributed by atoms with Gasteiger partial charge in [0.15, 0.2) is 0 Å². The summed E-state index contributed by atoms with van der Waals surface area (Å²) in [5.41, 5.74) is 8.31. The van der Waals surface area contributed by atoms with Crippen LogP contribution in [0.5, 0.6) is 0 Å². The fourth-order valence-electron chi connectivity index (χ4n) is 3.74. The molecule has 1 N–H and O–H groups in total. The highest BCUT2D eigenvalue weighted by molar-refractivity contribution is 6.76. The Kier molecular flexibility index (Phi) is 6.21. The minimum absolute atomic E-state index is 0.519. The van der Waals surface area contributed by atoms with Crippen molar-refractivity contribution in [3.05, 3.63) is 59.7 Å². The number of nitrogens with one attached hydrogen (secondary N) is 1. The Hall–Kier alpha value is -2.90. The van der Waals surface area contributed by atoms with E-state index in [0.29, 0.717) is 6.73 Å². The van der Waals surface area contributed by atoms with Gasteiger partial charge in [-0.3, -0.25) is 0 Å². The molecule has 2 aromatic heterocycles. The number of rotatable bonds is 8. The van der Waals surface area contributed by atoms with Crippen molar-refractivity contribution in [1.29, 1.82) is 0 Å². The molecule has 168 valence electrons. The monoisotopic (exact) mass is 448 g/mol. The SMILES string of the molecule is Cc1ccc(-c2c(C)noc2C)cc1Nc1ccc2ncn(COCC[Si](C)(C)C)c2c1. The van der Waals surface area contributed by atoms with Gasteiger partial charge in [-0.1, -0.05) is 36.9 Å². The zero-order valence-corrected chi connectivity index (χ0v) is 20.8. The lowest BCUT2D eigenvalue weighted by Crippen LogP contribution is -2.21. The number of fused-ring (bicyclic) bond motifs is 1. The molecule has 0 saturated carbocycles. The van der Waals surface area contributed by atoms with E-state index in [1.807, 2.05) is 26.2 Å². The summed E-state index contributed by atoms with van der Waals surface area (Å²) in [6.07, 6.45) is 1.85. The molecule has 4 rings (SSSR count). The van der Waals surface area contributed by atoms with E-state index in [4.69, 9.17) is 9.26 Å². The summed E-state index contributed by atoms with van der Waals surface area (Å²) in [6.45, 7) is 14.4. The Labute approximate surface area is 190 Å². The van der Waals surface area contributed by atoms with Crippen LogP contribution in [0, 0.1) is 20.8 Å². The first-order chi connectivity index (χ1) is 15.2. The fraction of sp³-hybridized carbons (Fsp3) is 0.360. The first-order valence-corrected chi connectivity index (χ1v) is 14.8. The number of hydrogen-bond donors (Lipinski definition) is 1. The highest BCUT2D eigenvalue weighted by atomic mass is 28.3. The smallest absolute Gasteiger partial charge is 0.141 e. The Bertz CT molecular complexity index is 1220. The summed E-state index contributed by atoms with van der Waals surface area (Å²) in [7, 11) is -1.09. The third-order valence-corrected chi connectivity index (χ3v) is 7.39. The van der Waals surface area contributed by atoms with Crippen molar-refractivity contribution >= 4 is 30.5 Å². The maximum absolute atomic E-state index is 5.94. The fourth-order valence-corrected chi connectivity index (χ4v) is 4.50. The van der Waals surface area contributed by atoms with Crippen molar-refractivity contribution in [3.8, 4) is 11.1 Å². The highest BCUT2D eigenvalue weighted by Crippen LogP contribution is 2.32. The maximum Gasteiger partial charge on any atom is 0.141 e. The molecular weight excluding hydrogens is 416 g/mol. The lowest BCUT2D eigenvalue weighted by atomic mass is 10.0. The van der Waals surface area contributed by atoms with Crippen molar-refractivity contribution in [2.45, 2.75) is 53.2 Å². The van der Waals surface area contributed by atoms with Crippen molar-refractivity contribution in [1.82, 2.24) is 14.7 Å². The molecule has 6 nitrogen and oxygen atoms in total. The summed E-state index contributed by atoms with van der Waals surface area (Å²) in [5.74, 6) is 0.830. The predicted octanol–water partition coefficient (Wildman–Crippen LogP) is 6.67. The van der Waals surface area contributed by atoms with E-state index in [1.165, 1.54) is 5.56 Å². The summed E-state index contributed by atoms with van der Waals surface area (Å²) in [4.78, 5) is 4.53. The topological polar surface area (TPSA) is 65.1 Å². The number of nitrogens with zero attached hydrogens (tertiary/aromatic N) is 3. The molecule has 0 atom stereocenters. The van der Waals surface area contributed by atoms with Crippen LogP contribution in [0.25, 0.3) is 22.2 Å². The predicted molar refractivity (Wildman–Crippen MR) is 133 cm³/mol. The number of ether oxygens (including phenoxy) is 1. The van der Waals surface area contributed by atoms with Crippen LogP contribution in [-0.4, -0.2) is 29.4 Å². The van der Waals surface area contributed by atoms with Gasteiger partial charge in [0, 0.05) is 31.6 Å². The third-order valence-electron chi connectivity index (χ3n) is 5.69. The molecule has 0 saturated heterocycles. The molecule has 0 aliphatic heterocycles. The van der Waals surface area contributed by atoms with E-state index in [9.17, 15) is 0 Å². The Morgan fingerprint density at radius 2 is 1.88 bits per heavy atom. The van der Waals surface area contributed by atoms with Crippen LogP contribution in [0.2, 0.25) is 25.7 Å².